The summed E-state index contributed by atoms with van der Waals surface area (Å²) >= 11 is 0. The molecule has 0 fully saturated rings. The second-order valence-electron chi connectivity index (χ2n) is 7.18. The average molecular weight is 410 g/mol. The Morgan fingerprint density at radius 2 is 1.65 bits per heavy atom. The predicted octanol–water partition coefficient (Wildman–Crippen LogP) is 2.98. The number of para-hydroxylation sites is 2. The number of carbonyl (C=O) groups excluding carboxylic acids is 1. The topological polar surface area (TPSA) is 94.7 Å². The lowest BCUT2D eigenvalue weighted by molar-refractivity contribution is -0.117. The monoisotopic (exact) mass is 410 g/mol. The van der Waals surface area contributed by atoms with Crippen LogP contribution in [0.5, 0.6) is 0 Å². The van der Waals surface area contributed by atoms with Gasteiger partial charge in [-0.05, 0) is 48.5 Å². The van der Waals surface area contributed by atoms with Gasteiger partial charge in [-0.25, -0.2) is 9.67 Å². The molecule has 5 rings (SSSR count). The lowest BCUT2D eigenvalue weighted by Gasteiger charge is -2.08. The number of nitrogens with one attached hydrogen (secondary N) is 1. The number of carbonyl (C=O) groups is 1. The third kappa shape index (κ3) is 3.44. The molecule has 0 aliphatic carbocycles. The molecular weight excluding hydrogens is 392 g/mol. The minimum Gasteiger partial charge on any atom is -0.327 e. The van der Waals surface area contributed by atoms with E-state index in [4.69, 9.17) is 0 Å². The number of imidazole rings is 1. The first-order chi connectivity index (χ1) is 15.1. The summed E-state index contributed by atoms with van der Waals surface area (Å²) in [7, 11) is 1.97. The smallest absolute Gasteiger partial charge is 0.278 e. The Hall–Kier alpha value is -4.33. The van der Waals surface area contributed by atoms with Crippen LogP contribution in [0.4, 0.5) is 5.69 Å². The highest BCUT2D eigenvalue weighted by molar-refractivity contribution is 5.91. The van der Waals surface area contributed by atoms with E-state index >= 15 is 0 Å². The van der Waals surface area contributed by atoms with Crippen LogP contribution in [0.3, 0.4) is 0 Å². The number of aromatic nitrogens is 5. The maximum Gasteiger partial charge on any atom is 0.278 e. The molecule has 2 aromatic heterocycles. The Kier molecular flexibility index (Phi) is 4.51. The molecule has 5 aromatic rings. The Bertz CT molecular complexity index is 1480. The number of nitrogens with zero attached hydrogens (tertiary/aromatic N) is 5. The summed E-state index contributed by atoms with van der Waals surface area (Å²) in [4.78, 5) is 29.6. The number of hydrogen-bond donors (Lipinski definition) is 1. The van der Waals surface area contributed by atoms with Crippen LogP contribution in [-0.4, -0.2) is 30.5 Å². The summed E-state index contributed by atoms with van der Waals surface area (Å²) in [5.74, 6) is 0.485. The minimum atomic E-state index is -0.359. The number of benzene rings is 3. The normalized spacial score (nSPS) is 11.1. The van der Waals surface area contributed by atoms with E-state index in [-0.39, 0.29) is 18.0 Å². The van der Waals surface area contributed by atoms with E-state index in [1.54, 1.807) is 36.4 Å². The van der Waals surface area contributed by atoms with Crippen molar-refractivity contribution in [3.63, 3.8) is 0 Å². The zero-order valence-corrected chi connectivity index (χ0v) is 16.7. The Balaban J connectivity index is 1.34. The van der Waals surface area contributed by atoms with Crippen molar-refractivity contribution in [1.82, 2.24) is 24.5 Å². The summed E-state index contributed by atoms with van der Waals surface area (Å²) in [5.41, 5.74) is 3.69. The van der Waals surface area contributed by atoms with E-state index in [2.05, 4.69) is 20.6 Å². The van der Waals surface area contributed by atoms with Crippen LogP contribution in [-0.2, 0) is 18.4 Å². The summed E-state index contributed by atoms with van der Waals surface area (Å²) in [6.07, 6.45) is 0. The Morgan fingerprint density at radius 1 is 0.935 bits per heavy atom. The van der Waals surface area contributed by atoms with Crippen molar-refractivity contribution in [2.24, 2.45) is 7.05 Å². The van der Waals surface area contributed by atoms with Crippen LogP contribution in [0.1, 0.15) is 0 Å². The molecule has 0 aliphatic heterocycles. The molecule has 0 atom stereocenters. The van der Waals surface area contributed by atoms with Gasteiger partial charge in [-0.3, -0.25) is 9.59 Å². The number of rotatable bonds is 4. The van der Waals surface area contributed by atoms with Crippen molar-refractivity contribution in [3.8, 4) is 11.4 Å². The fraction of sp³-hybridized carbons (Fsp3) is 0.0870. The van der Waals surface area contributed by atoms with Crippen LogP contribution in [0.25, 0.3) is 33.3 Å². The lowest BCUT2D eigenvalue weighted by atomic mass is 10.2. The average Bonchev–Trinajstić information content (AvgIpc) is 3.13. The molecule has 0 saturated carbocycles. The van der Waals surface area contributed by atoms with E-state index < -0.39 is 0 Å². The second-order valence-corrected chi connectivity index (χ2v) is 7.18. The van der Waals surface area contributed by atoms with Crippen molar-refractivity contribution in [2.75, 3.05) is 5.32 Å². The van der Waals surface area contributed by atoms with Crippen LogP contribution < -0.4 is 10.9 Å². The number of aryl methyl sites for hydroxylation is 1. The van der Waals surface area contributed by atoms with Crippen molar-refractivity contribution in [1.29, 1.82) is 0 Å². The van der Waals surface area contributed by atoms with Gasteiger partial charge >= 0.3 is 0 Å². The molecule has 31 heavy (non-hydrogen) atoms. The zero-order chi connectivity index (χ0) is 21.4. The van der Waals surface area contributed by atoms with Gasteiger partial charge in [0.15, 0.2) is 0 Å². The Labute approximate surface area is 176 Å². The first kappa shape index (κ1) is 18.7. The third-order valence-electron chi connectivity index (χ3n) is 5.14. The third-order valence-corrected chi connectivity index (χ3v) is 5.14. The van der Waals surface area contributed by atoms with Crippen molar-refractivity contribution in [3.05, 3.63) is 83.2 Å². The summed E-state index contributed by atoms with van der Waals surface area (Å²) in [6.45, 7) is -0.219. The molecule has 3 aromatic carbocycles. The predicted molar refractivity (Wildman–Crippen MR) is 119 cm³/mol. The number of fused-ring (bicyclic) bond motifs is 2. The molecule has 8 nitrogen and oxygen atoms in total. The molecular formula is C23H18N6O2. The van der Waals surface area contributed by atoms with Crippen LogP contribution in [0.2, 0.25) is 0 Å². The molecule has 0 unspecified atom stereocenters. The van der Waals surface area contributed by atoms with E-state index in [0.717, 1.165) is 27.1 Å². The number of hydrogen-bond acceptors (Lipinski definition) is 5. The van der Waals surface area contributed by atoms with Gasteiger partial charge in [-0.1, -0.05) is 29.5 Å². The highest BCUT2D eigenvalue weighted by Crippen LogP contribution is 2.24. The molecule has 152 valence electrons. The quantitative estimate of drug-likeness (QED) is 0.492. The summed E-state index contributed by atoms with van der Waals surface area (Å²) in [5, 5.41) is 11.1. The van der Waals surface area contributed by atoms with Crippen molar-refractivity contribution >= 4 is 33.5 Å². The fourth-order valence-electron chi connectivity index (χ4n) is 3.57. The van der Waals surface area contributed by atoms with Gasteiger partial charge in [0.1, 0.15) is 17.9 Å². The van der Waals surface area contributed by atoms with E-state index in [1.807, 2.05) is 48.0 Å². The molecule has 0 saturated heterocycles. The van der Waals surface area contributed by atoms with E-state index in [1.165, 1.54) is 0 Å². The van der Waals surface area contributed by atoms with E-state index in [9.17, 15) is 9.59 Å². The number of amides is 1. The van der Waals surface area contributed by atoms with Gasteiger partial charge < -0.3 is 9.88 Å². The molecule has 8 heteroatoms. The second kappa shape index (κ2) is 7.49. The van der Waals surface area contributed by atoms with Crippen LogP contribution >= 0.6 is 0 Å². The van der Waals surface area contributed by atoms with Gasteiger partial charge in [0, 0.05) is 18.3 Å². The molecule has 0 aliphatic rings. The van der Waals surface area contributed by atoms with Crippen molar-refractivity contribution in [2.45, 2.75) is 6.54 Å². The summed E-state index contributed by atoms with van der Waals surface area (Å²) in [6, 6.07) is 22.3. The first-order valence-corrected chi connectivity index (χ1v) is 9.74. The molecule has 1 N–H and O–H groups in total. The fourth-order valence-corrected chi connectivity index (χ4v) is 3.57. The highest BCUT2D eigenvalue weighted by atomic mass is 16.2. The molecule has 0 radical (unpaired) electrons. The molecule has 1 amide bonds. The zero-order valence-electron chi connectivity index (χ0n) is 16.7. The standard InChI is InChI=1S/C23H18N6O2/c1-28-20-9-5-4-8-19(20)25-22(28)15-10-12-16(13-11-15)24-21(30)14-29-23(31)17-6-2-3-7-18(17)26-27-29/h2-13H,14H2,1H3,(H,24,30). The maximum absolute atomic E-state index is 12.5. The maximum atomic E-state index is 12.5. The van der Waals surface area contributed by atoms with Gasteiger partial charge in [0.2, 0.25) is 5.91 Å². The highest BCUT2D eigenvalue weighted by Gasteiger charge is 2.12. The SMILES string of the molecule is Cn1c(-c2ccc(NC(=O)Cn3nnc4ccccc4c3=O)cc2)nc2ccccc21. The lowest BCUT2D eigenvalue weighted by Crippen LogP contribution is -2.30. The van der Waals surface area contributed by atoms with Gasteiger partial charge in [0.05, 0.1) is 16.4 Å². The van der Waals surface area contributed by atoms with E-state index in [0.29, 0.717) is 16.6 Å². The van der Waals surface area contributed by atoms with Gasteiger partial charge in [-0.15, -0.1) is 5.10 Å². The largest absolute Gasteiger partial charge is 0.327 e. The van der Waals surface area contributed by atoms with Gasteiger partial charge in [0.25, 0.3) is 5.56 Å². The van der Waals surface area contributed by atoms with Crippen LogP contribution in [0.15, 0.2) is 77.6 Å². The van der Waals surface area contributed by atoms with Gasteiger partial charge in [-0.2, -0.15) is 0 Å². The van der Waals surface area contributed by atoms with Crippen LogP contribution in [0, 0.1) is 0 Å². The summed E-state index contributed by atoms with van der Waals surface area (Å²) < 4.78 is 3.10. The molecule has 2 heterocycles. The van der Waals surface area contributed by atoms with Crippen molar-refractivity contribution < 1.29 is 4.79 Å². The Morgan fingerprint density at radius 3 is 2.42 bits per heavy atom. The number of anilines is 1. The first-order valence-electron chi connectivity index (χ1n) is 9.74. The minimum absolute atomic E-state index is 0.219. The molecule has 0 spiro atoms. The molecule has 0 bridgehead atoms.